The maximum atomic E-state index is 13.0. The Hall–Kier alpha value is -3.85. The van der Waals surface area contributed by atoms with Crippen molar-refractivity contribution in [3.8, 4) is 16.9 Å². The highest BCUT2D eigenvalue weighted by molar-refractivity contribution is 5.98. The molecule has 3 heterocycles. The van der Waals surface area contributed by atoms with Crippen LogP contribution in [-0.4, -0.2) is 61.6 Å². The zero-order valence-electron chi connectivity index (χ0n) is 19.3. The Kier molecular flexibility index (Phi) is 5.70. The minimum Gasteiger partial charge on any atom is -0.494 e. The second kappa shape index (κ2) is 8.83. The number of imidazole rings is 1. The molecule has 0 bridgehead atoms. The Morgan fingerprint density at radius 2 is 1.97 bits per heavy atom. The minimum absolute atomic E-state index is 0.247. The summed E-state index contributed by atoms with van der Waals surface area (Å²) in [5.41, 5.74) is 3.51. The summed E-state index contributed by atoms with van der Waals surface area (Å²) in [6.07, 6.45) is 5.32. The van der Waals surface area contributed by atoms with E-state index in [1.165, 1.54) is 0 Å². The van der Waals surface area contributed by atoms with Crippen LogP contribution in [0.2, 0.25) is 0 Å². The zero-order valence-corrected chi connectivity index (χ0v) is 19.3. The van der Waals surface area contributed by atoms with Gasteiger partial charge in [0, 0.05) is 43.9 Å². The van der Waals surface area contributed by atoms with Crippen molar-refractivity contribution in [2.75, 3.05) is 25.5 Å². The average Bonchev–Trinajstić information content (AvgIpc) is 3.45. The first-order valence-corrected chi connectivity index (χ1v) is 11.3. The van der Waals surface area contributed by atoms with Crippen LogP contribution in [0.3, 0.4) is 0 Å². The number of methoxy groups -OCH3 is 1. The van der Waals surface area contributed by atoms with E-state index in [2.05, 4.69) is 20.4 Å². The average molecular weight is 461 g/mol. The van der Waals surface area contributed by atoms with Crippen LogP contribution in [0.5, 0.6) is 5.75 Å². The first-order valence-electron chi connectivity index (χ1n) is 11.3. The number of anilines is 1. The Balaban J connectivity index is 1.30. The molecule has 176 valence electrons. The van der Waals surface area contributed by atoms with Gasteiger partial charge < -0.3 is 19.7 Å². The first kappa shape index (κ1) is 22.0. The molecule has 2 amide bonds. The summed E-state index contributed by atoms with van der Waals surface area (Å²) in [5.74, 6) is 0.986. The van der Waals surface area contributed by atoms with Crippen LogP contribution in [0, 0.1) is 0 Å². The van der Waals surface area contributed by atoms with Gasteiger partial charge in [0.05, 0.1) is 18.9 Å². The van der Waals surface area contributed by atoms with Gasteiger partial charge >= 0.3 is 6.03 Å². The third-order valence-corrected chi connectivity index (χ3v) is 6.43. The van der Waals surface area contributed by atoms with Gasteiger partial charge in [0.1, 0.15) is 16.8 Å². The molecule has 0 aliphatic carbocycles. The van der Waals surface area contributed by atoms with Crippen molar-refractivity contribution >= 4 is 23.0 Å². The van der Waals surface area contributed by atoms with Crippen LogP contribution in [0.15, 0.2) is 54.9 Å². The maximum absolute atomic E-state index is 13.0. The third kappa shape index (κ3) is 4.34. The van der Waals surface area contributed by atoms with Crippen LogP contribution < -0.4 is 10.1 Å². The molecule has 0 atom stereocenters. The highest BCUT2D eigenvalue weighted by atomic mass is 16.5. The predicted octanol–water partition coefficient (Wildman–Crippen LogP) is 3.57. The van der Waals surface area contributed by atoms with Crippen LogP contribution in [0.25, 0.3) is 22.2 Å². The highest BCUT2D eigenvalue weighted by Gasteiger charge is 2.34. The summed E-state index contributed by atoms with van der Waals surface area (Å²) in [4.78, 5) is 22.5. The molecule has 9 heteroatoms. The number of H-pyrrole nitrogens is 1. The van der Waals surface area contributed by atoms with Crippen molar-refractivity contribution in [1.82, 2.24) is 24.6 Å². The number of nitrogens with one attached hydrogen (secondary N) is 2. The van der Waals surface area contributed by atoms with E-state index in [-0.39, 0.29) is 6.03 Å². The fourth-order valence-electron chi connectivity index (χ4n) is 4.55. The van der Waals surface area contributed by atoms with Crippen molar-refractivity contribution in [3.63, 3.8) is 0 Å². The number of aryl methyl sites for hydroxylation is 1. The number of aromatic nitrogens is 4. The molecule has 0 unspecified atom stereocenters. The molecule has 34 heavy (non-hydrogen) atoms. The number of benzene rings is 2. The van der Waals surface area contributed by atoms with E-state index in [0.29, 0.717) is 55.1 Å². The van der Waals surface area contributed by atoms with Crippen LogP contribution in [0.1, 0.15) is 18.4 Å². The van der Waals surface area contributed by atoms with Crippen molar-refractivity contribution in [2.24, 2.45) is 7.05 Å². The number of hydrogen-bond acceptors (Lipinski definition) is 5. The molecule has 2 aromatic heterocycles. The van der Waals surface area contributed by atoms with E-state index in [0.717, 1.165) is 16.7 Å². The number of fused-ring (bicyclic) bond motifs is 1. The topological polar surface area (TPSA) is 108 Å². The molecule has 9 nitrogen and oxygen atoms in total. The lowest BCUT2D eigenvalue weighted by molar-refractivity contribution is -0.0105. The molecule has 1 aliphatic rings. The molecular formula is C25H28N6O3. The summed E-state index contributed by atoms with van der Waals surface area (Å²) >= 11 is 0. The number of hydrogen-bond donors (Lipinski definition) is 3. The Labute approximate surface area is 197 Å². The van der Waals surface area contributed by atoms with Gasteiger partial charge in [-0.15, -0.1) is 0 Å². The van der Waals surface area contributed by atoms with Crippen LogP contribution in [0.4, 0.5) is 10.7 Å². The first-order chi connectivity index (χ1) is 16.4. The summed E-state index contributed by atoms with van der Waals surface area (Å²) in [5, 5.41) is 18.1. The predicted molar refractivity (Wildman–Crippen MR) is 130 cm³/mol. The fourth-order valence-corrected chi connectivity index (χ4v) is 4.55. The number of nitrogens with zero attached hydrogens (tertiary/aromatic N) is 4. The summed E-state index contributed by atoms with van der Waals surface area (Å²) in [6.45, 7) is 0.944. The van der Waals surface area contributed by atoms with E-state index in [1.807, 2.05) is 55.7 Å². The Morgan fingerprint density at radius 3 is 2.65 bits per heavy atom. The number of aromatic amines is 1. The normalized spacial score (nSPS) is 15.4. The van der Waals surface area contributed by atoms with E-state index in [4.69, 9.17) is 4.74 Å². The van der Waals surface area contributed by atoms with E-state index < -0.39 is 5.60 Å². The standard InChI is InChI=1S/C25H28N6O3/c1-30-16-18(15-26-30)19-8-9-20(34-2)22-21(19)27-23(28-22)29-24(32)31-12-10-25(33,11-13-31)14-17-6-4-3-5-7-17/h3-9,15-16,33H,10-14H2,1-2H3,(H2,27,28,29,32). The smallest absolute Gasteiger partial charge is 0.324 e. The van der Waals surface area contributed by atoms with E-state index in [9.17, 15) is 9.90 Å². The van der Waals surface area contributed by atoms with Crippen LogP contribution in [-0.2, 0) is 13.5 Å². The molecule has 0 radical (unpaired) electrons. The molecule has 1 aliphatic heterocycles. The second-order valence-corrected chi connectivity index (χ2v) is 8.83. The third-order valence-electron chi connectivity index (χ3n) is 6.43. The monoisotopic (exact) mass is 460 g/mol. The molecule has 3 N–H and O–H groups in total. The van der Waals surface area contributed by atoms with Gasteiger partial charge in [0.25, 0.3) is 0 Å². The number of ether oxygens (including phenoxy) is 1. The lowest BCUT2D eigenvalue weighted by Gasteiger charge is -2.38. The van der Waals surface area contributed by atoms with Crippen molar-refractivity contribution in [1.29, 1.82) is 0 Å². The number of aliphatic hydroxyl groups is 1. The molecule has 5 rings (SSSR count). The lowest BCUT2D eigenvalue weighted by atomic mass is 9.85. The number of amides is 2. The summed E-state index contributed by atoms with van der Waals surface area (Å²) in [6, 6.07) is 13.5. The largest absolute Gasteiger partial charge is 0.494 e. The number of carbonyl (C=O) groups is 1. The zero-order chi connectivity index (χ0) is 23.7. The van der Waals surface area contributed by atoms with Gasteiger partial charge in [-0.3, -0.25) is 10.00 Å². The maximum Gasteiger partial charge on any atom is 0.324 e. The van der Waals surface area contributed by atoms with Gasteiger partial charge in [-0.05, 0) is 30.5 Å². The number of piperidine rings is 1. The van der Waals surface area contributed by atoms with E-state index >= 15 is 0 Å². The van der Waals surface area contributed by atoms with E-state index in [1.54, 1.807) is 22.9 Å². The molecule has 2 aromatic carbocycles. The molecule has 1 saturated heterocycles. The molecule has 0 saturated carbocycles. The summed E-state index contributed by atoms with van der Waals surface area (Å²) < 4.78 is 7.22. The van der Waals surface area contributed by atoms with Gasteiger partial charge in [-0.1, -0.05) is 30.3 Å². The molecule has 1 fully saturated rings. The highest BCUT2D eigenvalue weighted by Crippen LogP contribution is 2.34. The summed E-state index contributed by atoms with van der Waals surface area (Å²) in [7, 11) is 3.46. The SMILES string of the molecule is COc1ccc(-c2cnn(C)c2)c2nc(NC(=O)N3CCC(O)(Cc4ccccc4)CC3)[nH]c12. The van der Waals surface area contributed by atoms with Gasteiger partial charge in [0.15, 0.2) is 0 Å². The number of carbonyl (C=O) groups excluding carboxylic acids is 1. The number of likely N-dealkylation sites (tertiary alicyclic amines) is 1. The van der Waals surface area contributed by atoms with Gasteiger partial charge in [-0.2, -0.15) is 5.10 Å². The molecule has 0 spiro atoms. The minimum atomic E-state index is -0.802. The Morgan fingerprint density at radius 1 is 1.21 bits per heavy atom. The number of rotatable bonds is 5. The Bertz CT molecular complexity index is 1300. The van der Waals surface area contributed by atoms with Gasteiger partial charge in [0.2, 0.25) is 5.95 Å². The fraction of sp³-hybridized carbons (Fsp3) is 0.320. The quantitative estimate of drug-likeness (QED) is 0.422. The van der Waals surface area contributed by atoms with Gasteiger partial charge in [-0.25, -0.2) is 9.78 Å². The second-order valence-electron chi connectivity index (χ2n) is 8.83. The van der Waals surface area contributed by atoms with Crippen molar-refractivity contribution in [3.05, 3.63) is 60.4 Å². The lowest BCUT2D eigenvalue weighted by Crippen LogP contribution is -2.49. The van der Waals surface area contributed by atoms with Crippen LogP contribution >= 0.6 is 0 Å². The van der Waals surface area contributed by atoms with Crippen molar-refractivity contribution < 1.29 is 14.6 Å². The molecular weight excluding hydrogens is 432 g/mol. The molecule has 4 aromatic rings. The number of urea groups is 1. The van der Waals surface area contributed by atoms with Crippen molar-refractivity contribution in [2.45, 2.75) is 24.9 Å².